The largest absolute Gasteiger partial charge is 0.394 e. The smallest absolute Gasteiger partial charge is 0.257 e. The second-order valence-corrected chi connectivity index (χ2v) is 5.11. The van der Waals surface area contributed by atoms with Crippen molar-refractivity contribution in [2.45, 2.75) is 19.4 Å². The highest BCUT2D eigenvalue weighted by atomic mass is 32.1. The molecule has 0 aliphatic heterocycles. The summed E-state index contributed by atoms with van der Waals surface area (Å²) in [5, 5.41) is 12.5. The Bertz CT molecular complexity index is 416. The normalized spacial score (nSPS) is 11.4. The van der Waals surface area contributed by atoms with Gasteiger partial charge in [-0.15, -0.1) is 0 Å². The van der Waals surface area contributed by atoms with E-state index in [-0.39, 0.29) is 18.3 Å². The number of aliphatic hydroxyl groups is 1. The molecule has 0 unspecified atom stereocenters. The molecule has 0 aliphatic carbocycles. The Morgan fingerprint density at radius 3 is 2.71 bits per heavy atom. The number of hydrogen-bond donors (Lipinski definition) is 3. The zero-order chi connectivity index (χ0) is 13.2. The summed E-state index contributed by atoms with van der Waals surface area (Å²) in [6.07, 6.45) is 0. The van der Waals surface area contributed by atoms with Gasteiger partial charge in [0.1, 0.15) is 10.6 Å². The molecular formula is C10H18N4O2S. The summed E-state index contributed by atoms with van der Waals surface area (Å²) < 4.78 is 3.99. The van der Waals surface area contributed by atoms with Crippen LogP contribution in [0.3, 0.4) is 0 Å². The molecule has 0 spiro atoms. The van der Waals surface area contributed by atoms with Crippen molar-refractivity contribution in [3.63, 3.8) is 0 Å². The molecule has 0 saturated heterocycles. The number of rotatable bonds is 4. The Hall–Kier alpha value is -1.34. The van der Waals surface area contributed by atoms with Crippen LogP contribution in [0.15, 0.2) is 0 Å². The van der Waals surface area contributed by atoms with E-state index in [1.165, 1.54) is 0 Å². The lowest BCUT2D eigenvalue weighted by molar-refractivity contribution is 0.0964. The minimum Gasteiger partial charge on any atom is -0.394 e. The van der Waals surface area contributed by atoms with Gasteiger partial charge in [0, 0.05) is 14.1 Å². The standard InChI is InChI=1S/C10H18N4O2S/c1-10(2,5-15)14(4)9-6(8(16)12-3)7(11)13-17-9/h15H,5H2,1-4H3,(H2,11,13)(H,12,16). The molecule has 0 atom stereocenters. The molecule has 1 aromatic heterocycles. The Labute approximate surface area is 105 Å². The van der Waals surface area contributed by atoms with E-state index >= 15 is 0 Å². The van der Waals surface area contributed by atoms with Crippen LogP contribution in [0.5, 0.6) is 0 Å². The lowest BCUT2D eigenvalue weighted by Gasteiger charge is -2.34. The number of hydrogen-bond acceptors (Lipinski definition) is 6. The first-order valence-electron chi connectivity index (χ1n) is 5.17. The number of aromatic nitrogens is 1. The van der Waals surface area contributed by atoms with Gasteiger partial charge < -0.3 is 21.1 Å². The van der Waals surface area contributed by atoms with Crippen LogP contribution < -0.4 is 16.0 Å². The van der Waals surface area contributed by atoms with E-state index in [0.717, 1.165) is 11.5 Å². The number of nitrogens with two attached hydrogens (primary N) is 1. The van der Waals surface area contributed by atoms with Gasteiger partial charge in [-0.25, -0.2) is 0 Å². The molecule has 96 valence electrons. The molecule has 0 saturated carbocycles. The molecule has 0 fully saturated rings. The van der Waals surface area contributed by atoms with Gasteiger partial charge in [0.15, 0.2) is 5.82 Å². The van der Waals surface area contributed by atoms with Crippen molar-refractivity contribution in [3.8, 4) is 0 Å². The molecule has 0 radical (unpaired) electrons. The van der Waals surface area contributed by atoms with Crippen molar-refractivity contribution in [3.05, 3.63) is 5.56 Å². The minimum absolute atomic E-state index is 0.0332. The molecule has 0 bridgehead atoms. The molecule has 1 rings (SSSR count). The lowest BCUT2D eigenvalue weighted by atomic mass is 10.1. The van der Waals surface area contributed by atoms with Gasteiger partial charge >= 0.3 is 0 Å². The van der Waals surface area contributed by atoms with Gasteiger partial charge in [-0.05, 0) is 25.4 Å². The number of nitrogens with zero attached hydrogens (tertiary/aromatic N) is 2. The van der Waals surface area contributed by atoms with Gasteiger partial charge in [0.05, 0.1) is 12.1 Å². The highest BCUT2D eigenvalue weighted by Gasteiger charge is 2.29. The third-order valence-electron chi connectivity index (χ3n) is 2.75. The summed E-state index contributed by atoms with van der Waals surface area (Å²) in [4.78, 5) is 13.5. The zero-order valence-electron chi connectivity index (χ0n) is 10.4. The van der Waals surface area contributed by atoms with Crippen LogP contribution in [0.1, 0.15) is 24.2 Å². The van der Waals surface area contributed by atoms with E-state index < -0.39 is 5.54 Å². The zero-order valence-corrected chi connectivity index (χ0v) is 11.3. The third kappa shape index (κ3) is 2.50. The molecule has 0 aromatic carbocycles. The van der Waals surface area contributed by atoms with Gasteiger partial charge in [-0.2, -0.15) is 4.37 Å². The Balaban J connectivity index is 3.19. The number of carbonyl (C=O) groups excluding carboxylic acids is 1. The van der Waals surface area contributed by atoms with Crippen molar-refractivity contribution in [1.82, 2.24) is 9.69 Å². The predicted molar refractivity (Wildman–Crippen MR) is 69.5 cm³/mol. The van der Waals surface area contributed by atoms with E-state index in [4.69, 9.17) is 5.73 Å². The average Bonchev–Trinajstić information content (AvgIpc) is 2.69. The Kier molecular flexibility index (Phi) is 3.94. The molecule has 7 heteroatoms. The number of nitrogen functional groups attached to an aromatic ring is 1. The molecular weight excluding hydrogens is 240 g/mol. The highest BCUT2D eigenvalue weighted by molar-refractivity contribution is 7.11. The second kappa shape index (κ2) is 4.89. The SMILES string of the molecule is CNC(=O)c1c(N)nsc1N(C)C(C)(C)CO. The van der Waals surface area contributed by atoms with Crippen molar-refractivity contribution in [1.29, 1.82) is 0 Å². The van der Waals surface area contributed by atoms with Gasteiger partial charge in [-0.3, -0.25) is 4.79 Å². The summed E-state index contributed by atoms with van der Waals surface area (Å²) in [5.41, 5.74) is 5.57. The van der Waals surface area contributed by atoms with Crippen LogP contribution in [0, 0.1) is 0 Å². The van der Waals surface area contributed by atoms with E-state index in [0.29, 0.717) is 10.6 Å². The molecule has 4 N–H and O–H groups in total. The van der Waals surface area contributed by atoms with Crippen molar-refractivity contribution >= 4 is 28.3 Å². The maximum Gasteiger partial charge on any atom is 0.257 e. The predicted octanol–water partition coefficient (Wildman–Crippen LogP) is 0.292. The monoisotopic (exact) mass is 258 g/mol. The molecule has 0 aliphatic rings. The molecule has 17 heavy (non-hydrogen) atoms. The van der Waals surface area contributed by atoms with Crippen LogP contribution in [0.25, 0.3) is 0 Å². The first-order valence-corrected chi connectivity index (χ1v) is 5.94. The molecule has 6 nitrogen and oxygen atoms in total. The number of nitrogens with one attached hydrogen (secondary N) is 1. The molecule has 1 aromatic rings. The van der Waals surface area contributed by atoms with Crippen molar-refractivity contribution in [2.24, 2.45) is 0 Å². The highest BCUT2D eigenvalue weighted by Crippen LogP contribution is 2.33. The van der Waals surface area contributed by atoms with E-state index in [1.54, 1.807) is 14.1 Å². The maximum absolute atomic E-state index is 11.7. The summed E-state index contributed by atoms with van der Waals surface area (Å²) in [5.74, 6) is -0.0585. The average molecular weight is 258 g/mol. The summed E-state index contributed by atoms with van der Waals surface area (Å²) in [6.45, 7) is 3.71. The van der Waals surface area contributed by atoms with Gasteiger partial charge in [0.25, 0.3) is 5.91 Å². The van der Waals surface area contributed by atoms with Gasteiger partial charge in [0.2, 0.25) is 0 Å². The van der Waals surface area contributed by atoms with Crippen LogP contribution in [-0.2, 0) is 0 Å². The fraction of sp³-hybridized carbons (Fsp3) is 0.600. The van der Waals surface area contributed by atoms with Crippen LogP contribution in [0.2, 0.25) is 0 Å². The number of anilines is 2. The quantitative estimate of drug-likeness (QED) is 0.722. The van der Waals surface area contributed by atoms with Crippen molar-refractivity contribution < 1.29 is 9.90 Å². The summed E-state index contributed by atoms with van der Waals surface area (Å²) in [6, 6.07) is 0. The second-order valence-electron chi connectivity index (χ2n) is 4.36. The van der Waals surface area contributed by atoms with Crippen molar-refractivity contribution in [2.75, 3.05) is 31.3 Å². The Morgan fingerprint density at radius 1 is 1.65 bits per heavy atom. The summed E-state index contributed by atoms with van der Waals surface area (Å²) in [7, 11) is 3.34. The fourth-order valence-electron chi connectivity index (χ4n) is 1.24. The lowest BCUT2D eigenvalue weighted by Crippen LogP contribution is -2.44. The first kappa shape index (κ1) is 13.7. The van der Waals surface area contributed by atoms with E-state index in [2.05, 4.69) is 9.69 Å². The van der Waals surface area contributed by atoms with Gasteiger partial charge in [-0.1, -0.05) is 0 Å². The third-order valence-corrected chi connectivity index (χ3v) is 3.69. The number of amides is 1. The molecule has 1 amide bonds. The minimum atomic E-state index is -0.484. The summed E-state index contributed by atoms with van der Waals surface area (Å²) >= 11 is 1.15. The van der Waals surface area contributed by atoms with E-state index in [9.17, 15) is 9.90 Å². The fourth-order valence-corrected chi connectivity index (χ4v) is 2.18. The first-order chi connectivity index (χ1) is 7.85. The van der Waals surface area contributed by atoms with Crippen LogP contribution in [-0.4, -0.2) is 41.6 Å². The molecule has 1 heterocycles. The van der Waals surface area contributed by atoms with Crippen LogP contribution >= 0.6 is 11.5 Å². The van der Waals surface area contributed by atoms with E-state index in [1.807, 2.05) is 18.7 Å². The van der Waals surface area contributed by atoms with Crippen LogP contribution in [0.4, 0.5) is 10.8 Å². The Morgan fingerprint density at radius 2 is 2.24 bits per heavy atom. The number of carbonyl (C=O) groups is 1. The number of aliphatic hydroxyl groups excluding tert-OH is 1. The number of likely N-dealkylation sites (N-methyl/N-ethyl adjacent to an activating group) is 1. The topological polar surface area (TPSA) is 91.5 Å². The maximum atomic E-state index is 11.7.